The van der Waals surface area contributed by atoms with Gasteiger partial charge in [-0.05, 0) is 97.5 Å². The number of carbonyl (C=O) groups excluding carboxylic acids is 1. The summed E-state index contributed by atoms with van der Waals surface area (Å²) in [5, 5.41) is 8.21. The first-order valence-corrected chi connectivity index (χ1v) is 12.8. The molecule has 1 fully saturated rings. The first-order chi connectivity index (χ1) is 19.4. The molecule has 0 bridgehead atoms. The number of fused-ring (bicyclic) bond motifs is 1. The number of carboxylic acids is 1. The summed E-state index contributed by atoms with van der Waals surface area (Å²) in [7, 11) is 2.03. The lowest BCUT2D eigenvalue weighted by Gasteiger charge is -2.38. The van der Waals surface area contributed by atoms with E-state index in [-0.39, 0.29) is 24.3 Å². The van der Waals surface area contributed by atoms with Gasteiger partial charge in [-0.2, -0.15) is 13.2 Å². The van der Waals surface area contributed by atoms with Gasteiger partial charge in [0, 0.05) is 42.0 Å². The van der Waals surface area contributed by atoms with E-state index < -0.39 is 18.0 Å². The number of nitrogens with one attached hydrogen (secondary N) is 1. The molecule has 41 heavy (non-hydrogen) atoms. The van der Waals surface area contributed by atoms with Gasteiger partial charge in [0.2, 0.25) is 0 Å². The summed E-state index contributed by atoms with van der Waals surface area (Å²) < 4.78 is 60.2. The number of likely N-dealkylation sites (N-methyl/N-ethyl adjacent to an activating group) is 1. The van der Waals surface area contributed by atoms with E-state index in [0.717, 1.165) is 48.0 Å². The van der Waals surface area contributed by atoms with Crippen molar-refractivity contribution in [3.63, 3.8) is 0 Å². The van der Waals surface area contributed by atoms with Crippen molar-refractivity contribution < 1.29 is 36.6 Å². The van der Waals surface area contributed by atoms with Gasteiger partial charge in [0.25, 0.3) is 5.91 Å². The van der Waals surface area contributed by atoms with Crippen LogP contribution in [0.25, 0.3) is 22.0 Å². The highest BCUT2D eigenvalue weighted by Crippen LogP contribution is 2.28. The number of carbonyl (C=O) groups is 2. The van der Waals surface area contributed by atoms with E-state index in [1.54, 1.807) is 11.0 Å². The highest BCUT2D eigenvalue weighted by Gasteiger charge is 2.38. The molecule has 1 aliphatic heterocycles. The lowest BCUT2D eigenvalue weighted by molar-refractivity contribution is -0.192. The Bertz CT molecular complexity index is 1520. The Morgan fingerprint density at radius 2 is 1.66 bits per heavy atom. The molecule has 11 heteroatoms. The zero-order chi connectivity index (χ0) is 29.7. The fourth-order valence-corrected chi connectivity index (χ4v) is 4.81. The summed E-state index contributed by atoms with van der Waals surface area (Å²) in [6, 6.07) is 18.7. The number of carboxylic acid groups (broad SMARTS) is 1. The van der Waals surface area contributed by atoms with Crippen LogP contribution in [0.5, 0.6) is 0 Å². The van der Waals surface area contributed by atoms with E-state index >= 15 is 4.39 Å². The third kappa shape index (κ3) is 7.49. The zero-order valence-corrected chi connectivity index (χ0v) is 22.1. The van der Waals surface area contributed by atoms with Gasteiger partial charge >= 0.3 is 12.1 Å². The number of piperidine rings is 1. The van der Waals surface area contributed by atoms with Gasteiger partial charge < -0.3 is 19.9 Å². The smallest absolute Gasteiger partial charge is 0.475 e. The number of alkyl halides is 3. The molecule has 0 radical (unpaired) electrons. The average Bonchev–Trinajstić information content (AvgIpc) is 3.40. The summed E-state index contributed by atoms with van der Waals surface area (Å²) in [5.41, 5.74) is 3.81. The average molecular weight is 574 g/mol. The molecule has 6 nitrogen and oxygen atoms in total. The first kappa shape index (κ1) is 29.7. The molecular formula is C30H28F5N3O3. The SMILES string of the molecule is CN1CCC[C@H](N(Cc2cc(-c3ccc4[nH]ccc4c3)ccc2F)C(=O)c2ccc(F)cc2)C1.O=C(O)C(F)(F)F. The molecule has 0 unspecified atom stereocenters. The number of aromatic amines is 1. The van der Waals surface area contributed by atoms with E-state index in [0.29, 0.717) is 11.1 Å². The Morgan fingerprint density at radius 1 is 1.00 bits per heavy atom. The van der Waals surface area contributed by atoms with E-state index in [1.807, 2.05) is 37.5 Å². The Morgan fingerprint density at radius 3 is 2.32 bits per heavy atom. The number of nitrogens with zero attached hydrogens (tertiary/aromatic N) is 2. The van der Waals surface area contributed by atoms with E-state index in [4.69, 9.17) is 9.90 Å². The van der Waals surface area contributed by atoms with Gasteiger partial charge in [0.05, 0.1) is 0 Å². The van der Waals surface area contributed by atoms with E-state index in [9.17, 15) is 22.4 Å². The molecule has 216 valence electrons. The lowest BCUT2D eigenvalue weighted by Crippen LogP contribution is -2.48. The summed E-state index contributed by atoms with van der Waals surface area (Å²) in [6.07, 6.45) is -1.37. The van der Waals surface area contributed by atoms with Crippen molar-refractivity contribution in [1.82, 2.24) is 14.8 Å². The van der Waals surface area contributed by atoms with Gasteiger partial charge in [-0.3, -0.25) is 4.79 Å². The molecule has 1 saturated heterocycles. The minimum Gasteiger partial charge on any atom is -0.475 e. The fourth-order valence-electron chi connectivity index (χ4n) is 4.81. The lowest BCUT2D eigenvalue weighted by atomic mass is 9.99. The largest absolute Gasteiger partial charge is 0.490 e. The third-order valence-electron chi connectivity index (χ3n) is 6.91. The molecule has 1 aromatic heterocycles. The number of H-pyrrole nitrogens is 1. The number of hydrogen-bond donors (Lipinski definition) is 2. The minimum atomic E-state index is -5.08. The van der Waals surface area contributed by atoms with Crippen LogP contribution in [0, 0.1) is 11.6 Å². The monoisotopic (exact) mass is 573 g/mol. The van der Waals surface area contributed by atoms with Crippen molar-refractivity contribution in [3.05, 3.63) is 95.7 Å². The molecule has 0 aliphatic carbocycles. The highest BCUT2D eigenvalue weighted by molar-refractivity contribution is 5.94. The molecule has 0 saturated carbocycles. The number of aromatic nitrogens is 1. The second-order valence-electron chi connectivity index (χ2n) is 9.89. The molecule has 4 aromatic rings. The topological polar surface area (TPSA) is 76.6 Å². The summed E-state index contributed by atoms with van der Waals surface area (Å²) >= 11 is 0. The molecule has 1 atom stereocenters. The molecule has 5 rings (SSSR count). The van der Waals surface area contributed by atoms with Gasteiger partial charge in [0.15, 0.2) is 0 Å². The van der Waals surface area contributed by atoms with Crippen LogP contribution >= 0.6 is 0 Å². The Labute approximate surface area is 233 Å². The molecular weight excluding hydrogens is 545 g/mol. The number of likely N-dealkylation sites (tertiary alicyclic amines) is 1. The van der Waals surface area contributed by atoms with Crippen LogP contribution in [0.4, 0.5) is 22.0 Å². The summed E-state index contributed by atoms with van der Waals surface area (Å²) in [4.78, 5) is 29.5. The van der Waals surface area contributed by atoms with Crippen molar-refractivity contribution in [2.24, 2.45) is 0 Å². The van der Waals surface area contributed by atoms with Crippen LogP contribution in [0.1, 0.15) is 28.8 Å². The third-order valence-corrected chi connectivity index (χ3v) is 6.91. The number of amides is 1. The molecule has 1 amide bonds. The second kappa shape index (κ2) is 12.5. The van der Waals surface area contributed by atoms with Gasteiger partial charge in [-0.25, -0.2) is 13.6 Å². The molecule has 1 aliphatic rings. The van der Waals surface area contributed by atoms with Crippen molar-refractivity contribution in [3.8, 4) is 11.1 Å². The van der Waals surface area contributed by atoms with Crippen LogP contribution < -0.4 is 0 Å². The van der Waals surface area contributed by atoms with Crippen LogP contribution in [0.2, 0.25) is 0 Å². The van der Waals surface area contributed by atoms with Gasteiger partial charge in [-0.1, -0.05) is 12.1 Å². The maximum Gasteiger partial charge on any atom is 0.490 e. The van der Waals surface area contributed by atoms with Crippen molar-refractivity contribution >= 4 is 22.8 Å². The Kier molecular flexibility index (Phi) is 9.07. The number of halogens is 5. The normalized spacial score (nSPS) is 15.7. The van der Waals surface area contributed by atoms with Crippen LogP contribution in [0.3, 0.4) is 0 Å². The quantitative estimate of drug-likeness (QED) is 0.268. The second-order valence-corrected chi connectivity index (χ2v) is 9.89. The van der Waals surface area contributed by atoms with Crippen molar-refractivity contribution in [2.75, 3.05) is 20.1 Å². The predicted molar refractivity (Wildman–Crippen MR) is 144 cm³/mol. The molecule has 3 aromatic carbocycles. The zero-order valence-electron chi connectivity index (χ0n) is 22.1. The fraction of sp³-hybridized carbons (Fsp3) is 0.267. The van der Waals surface area contributed by atoms with Crippen molar-refractivity contribution in [1.29, 1.82) is 0 Å². The van der Waals surface area contributed by atoms with Gasteiger partial charge in [-0.15, -0.1) is 0 Å². The number of rotatable bonds is 5. The number of benzene rings is 3. The van der Waals surface area contributed by atoms with E-state index in [2.05, 4.69) is 16.0 Å². The molecule has 0 spiro atoms. The van der Waals surface area contributed by atoms with Crippen molar-refractivity contribution in [2.45, 2.75) is 31.6 Å². The Balaban J connectivity index is 0.000000493. The summed E-state index contributed by atoms with van der Waals surface area (Å²) in [6.45, 7) is 1.85. The molecule has 2 heterocycles. The van der Waals surface area contributed by atoms with Crippen LogP contribution in [0.15, 0.2) is 72.9 Å². The minimum absolute atomic E-state index is 0.0458. The van der Waals surface area contributed by atoms with Crippen LogP contribution in [-0.2, 0) is 11.3 Å². The maximum absolute atomic E-state index is 15.0. The molecule has 2 N–H and O–H groups in total. The Hall–Kier alpha value is -4.25. The number of hydrogen-bond acceptors (Lipinski definition) is 3. The standard InChI is InChI=1S/C28H27F2N3O.C2HF3O2/c1-32-14-2-3-25(18-32)33(28(34)19-4-8-24(29)9-5-19)17-23-16-20(6-10-26(23)30)21-7-11-27-22(15-21)12-13-31-27;3-2(4,5)1(6)7/h4-13,15-16,25,31H,2-3,14,17-18H2,1H3;(H,6,7)/t25-;/m0./s1. The highest BCUT2D eigenvalue weighted by atomic mass is 19.4. The summed E-state index contributed by atoms with van der Waals surface area (Å²) in [5.74, 6) is -3.70. The first-order valence-electron chi connectivity index (χ1n) is 12.8. The van der Waals surface area contributed by atoms with Crippen LogP contribution in [-0.4, -0.2) is 64.1 Å². The predicted octanol–water partition coefficient (Wildman–Crippen LogP) is 6.48. The van der Waals surface area contributed by atoms with Gasteiger partial charge in [0.1, 0.15) is 11.6 Å². The maximum atomic E-state index is 15.0. The number of aliphatic carboxylic acids is 1. The van der Waals surface area contributed by atoms with E-state index in [1.165, 1.54) is 30.3 Å².